The maximum Gasteiger partial charge on any atom is 0.261 e. The van der Waals surface area contributed by atoms with E-state index in [2.05, 4.69) is 10.2 Å². The summed E-state index contributed by atoms with van der Waals surface area (Å²) in [6.07, 6.45) is 11.9. The summed E-state index contributed by atoms with van der Waals surface area (Å²) >= 11 is 0. The predicted molar refractivity (Wildman–Crippen MR) is 107 cm³/mol. The summed E-state index contributed by atoms with van der Waals surface area (Å²) in [5, 5.41) is 2.76. The summed E-state index contributed by atoms with van der Waals surface area (Å²) in [5.74, 6) is 0.489. The van der Waals surface area contributed by atoms with Crippen LogP contribution in [0, 0.1) is 0 Å². The third kappa shape index (κ3) is 5.47. The van der Waals surface area contributed by atoms with Crippen molar-refractivity contribution < 1.29 is 14.3 Å². The van der Waals surface area contributed by atoms with Gasteiger partial charge in [0.2, 0.25) is 5.91 Å². The first-order chi connectivity index (χ1) is 13.1. The third-order valence-electron chi connectivity index (χ3n) is 5.77. The lowest BCUT2D eigenvalue weighted by atomic mass is 9.88. The zero-order valence-electron chi connectivity index (χ0n) is 16.4. The number of hydrogen-bond acceptors (Lipinski definition) is 3. The average Bonchev–Trinajstić information content (AvgIpc) is 2.69. The van der Waals surface area contributed by atoms with Gasteiger partial charge >= 0.3 is 0 Å². The molecule has 5 nitrogen and oxygen atoms in total. The summed E-state index contributed by atoms with van der Waals surface area (Å²) in [5.41, 5.74) is 0.611. The van der Waals surface area contributed by atoms with Crippen LogP contribution in [0.3, 0.4) is 0 Å². The van der Waals surface area contributed by atoms with Crippen molar-refractivity contribution in [2.45, 2.75) is 83.2 Å². The molecule has 3 rings (SSSR count). The molecule has 5 heteroatoms. The molecule has 2 aliphatic carbocycles. The van der Waals surface area contributed by atoms with Crippen molar-refractivity contribution >= 4 is 17.5 Å². The quantitative estimate of drug-likeness (QED) is 0.799. The summed E-state index contributed by atoms with van der Waals surface area (Å²) in [4.78, 5) is 26.7. The van der Waals surface area contributed by atoms with Gasteiger partial charge in [-0.05, 0) is 37.8 Å². The molecule has 2 fully saturated rings. The molecule has 0 atom stereocenters. The molecule has 0 radical (unpaired) electrons. The molecule has 0 heterocycles. The zero-order valence-corrected chi connectivity index (χ0v) is 16.4. The smallest absolute Gasteiger partial charge is 0.261 e. The second kappa shape index (κ2) is 9.77. The SMILES string of the molecule is CC(=O)Nc1ccccc1OCC(=O)N(C1CCCCC1)C1CCCCC1. The number of hydrogen-bond donors (Lipinski definition) is 1. The average molecular weight is 373 g/mol. The zero-order chi connectivity index (χ0) is 19.1. The molecule has 0 saturated heterocycles. The number of amides is 2. The third-order valence-corrected chi connectivity index (χ3v) is 5.77. The Labute approximate surface area is 162 Å². The molecule has 148 valence electrons. The Kier molecular flexibility index (Phi) is 7.13. The summed E-state index contributed by atoms with van der Waals surface area (Å²) in [6.45, 7) is 1.50. The van der Waals surface area contributed by atoms with E-state index in [9.17, 15) is 9.59 Å². The highest BCUT2D eigenvalue weighted by Crippen LogP contribution is 2.31. The molecule has 27 heavy (non-hydrogen) atoms. The van der Waals surface area contributed by atoms with Gasteiger partial charge in [0.15, 0.2) is 6.61 Å². The molecule has 0 aromatic heterocycles. The molecule has 1 N–H and O–H groups in total. The standard InChI is InChI=1S/C22H32N2O3/c1-17(25)23-20-14-8-9-15-21(20)27-16-22(26)24(18-10-4-2-5-11-18)19-12-6-3-7-13-19/h8-9,14-15,18-19H,2-7,10-13,16H2,1H3,(H,23,25). The Morgan fingerprint density at radius 1 is 0.963 bits per heavy atom. The van der Waals surface area contributed by atoms with E-state index in [4.69, 9.17) is 4.74 Å². The van der Waals surface area contributed by atoms with Crippen molar-refractivity contribution in [2.24, 2.45) is 0 Å². The monoisotopic (exact) mass is 372 g/mol. The first-order valence-electron chi connectivity index (χ1n) is 10.5. The van der Waals surface area contributed by atoms with Crippen LogP contribution in [-0.2, 0) is 9.59 Å². The maximum atomic E-state index is 13.2. The van der Waals surface area contributed by atoms with E-state index >= 15 is 0 Å². The maximum absolute atomic E-state index is 13.2. The Hall–Kier alpha value is -2.04. The molecule has 1 aromatic carbocycles. The van der Waals surface area contributed by atoms with E-state index in [1.165, 1.54) is 45.4 Å². The minimum absolute atomic E-state index is 0.0313. The summed E-state index contributed by atoms with van der Waals surface area (Å²) < 4.78 is 5.86. The molecule has 0 bridgehead atoms. The number of nitrogens with zero attached hydrogens (tertiary/aromatic N) is 1. The van der Waals surface area contributed by atoms with Gasteiger partial charge in [-0.2, -0.15) is 0 Å². The Bertz CT molecular complexity index is 616. The van der Waals surface area contributed by atoms with Crippen molar-refractivity contribution in [1.82, 2.24) is 4.90 Å². The van der Waals surface area contributed by atoms with E-state index in [-0.39, 0.29) is 18.4 Å². The molecule has 0 spiro atoms. The highest BCUT2D eigenvalue weighted by Gasteiger charge is 2.32. The highest BCUT2D eigenvalue weighted by molar-refractivity contribution is 5.90. The second-order valence-corrected chi connectivity index (χ2v) is 7.85. The lowest BCUT2D eigenvalue weighted by Gasteiger charge is -2.41. The first-order valence-corrected chi connectivity index (χ1v) is 10.5. The van der Waals surface area contributed by atoms with Crippen molar-refractivity contribution in [3.63, 3.8) is 0 Å². The first kappa shape index (κ1) is 19.7. The molecule has 2 aliphatic rings. The van der Waals surface area contributed by atoms with Crippen LogP contribution in [0.1, 0.15) is 71.1 Å². The molecule has 0 unspecified atom stereocenters. The molecule has 2 saturated carbocycles. The van der Waals surface area contributed by atoms with Gasteiger partial charge in [0.1, 0.15) is 5.75 Å². The largest absolute Gasteiger partial charge is 0.482 e. The van der Waals surface area contributed by atoms with Crippen molar-refractivity contribution in [3.8, 4) is 5.75 Å². The van der Waals surface area contributed by atoms with E-state index < -0.39 is 0 Å². The van der Waals surface area contributed by atoms with Crippen LogP contribution in [0.5, 0.6) is 5.75 Å². The van der Waals surface area contributed by atoms with Crippen LogP contribution in [0.25, 0.3) is 0 Å². The molecule has 0 aliphatic heterocycles. The number of para-hydroxylation sites is 2. The molecule has 1 aromatic rings. The highest BCUT2D eigenvalue weighted by atomic mass is 16.5. The van der Waals surface area contributed by atoms with Crippen LogP contribution in [0.4, 0.5) is 5.69 Å². The van der Waals surface area contributed by atoms with Crippen LogP contribution in [0.2, 0.25) is 0 Å². The van der Waals surface area contributed by atoms with Gasteiger partial charge in [-0.1, -0.05) is 50.7 Å². The molecule has 2 amide bonds. The van der Waals surface area contributed by atoms with Crippen molar-refractivity contribution in [2.75, 3.05) is 11.9 Å². The van der Waals surface area contributed by atoms with Crippen LogP contribution in [-0.4, -0.2) is 35.4 Å². The lowest BCUT2D eigenvalue weighted by Crippen LogP contribution is -2.50. The molecular formula is C22H32N2O3. The predicted octanol–water partition coefficient (Wildman–Crippen LogP) is 4.52. The fraction of sp³-hybridized carbons (Fsp3) is 0.636. The number of anilines is 1. The summed E-state index contributed by atoms with van der Waals surface area (Å²) in [6, 6.07) is 8.01. The lowest BCUT2D eigenvalue weighted by molar-refractivity contribution is -0.140. The van der Waals surface area contributed by atoms with E-state index in [0.717, 1.165) is 25.7 Å². The summed E-state index contributed by atoms with van der Waals surface area (Å²) in [7, 11) is 0. The Morgan fingerprint density at radius 3 is 2.07 bits per heavy atom. The van der Waals surface area contributed by atoms with E-state index in [1.54, 1.807) is 12.1 Å². The number of rotatable bonds is 6. The van der Waals surface area contributed by atoms with Gasteiger partial charge in [0, 0.05) is 19.0 Å². The Morgan fingerprint density at radius 2 is 1.52 bits per heavy atom. The van der Waals surface area contributed by atoms with Gasteiger partial charge in [-0.25, -0.2) is 0 Å². The number of ether oxygens (including phenoxy) is 1. The van der Waals surface area contributed by atoms with Gasteiger partial charge < -0.3 is 15.0 Å². The van der Waals surface area contributed by atoms with Crippen LogP contribution < -0.4 is 10.1 Å². The van der Waals surface area contributed by atoms with Gasteiger partial charge in [-0.15, -0.1) is 0 Å². The van der Waals surface area contributed by atoms with Crippen LogP contribution >= 0.6 is 0 Å². The van der Waals surface area contributed by atoms with E-state index in [0.29, 0.717) is 23.5 Å². The van der Waals surface area contributed by atoms with Gasteiger partial charge in [0.05, 0.1) is 5.69 Å². The van der Waals surface area contributed by atoms with E-state index in [1.807, 2.05) is 12.1 Å². The minimum atomic E-state index is -0.150. The number of carbonyl (C=O) groups is 2. The van der Waals surface area contributed by atoms with Gasteiger partial charge in [0.25, 0.3) is 5.91 Å². The van der Waals surface area contributed by atoms with Crippen molar-refractivity contribution in [1.29, 1.82) is 0 Å². The normalized spacial score (nSPS) is 18.7. The molecular weight excluding hydrogens is 340 g/mol. The Balaban J connectivity index is 1.68. The fourth-order valence-corrected chi connectivity index (χ4v) is 4.52. The van der Waals surface area contributed by atoms with Crippen LogP contribution in [0.15, 0.2) is 24.3 Å². The fourth-order valence-electron chi connectivity index (χ4n) is 4.52. The second-order valence-electron chi connectivity index (χ2n) is 7.85. The topological polar surface area (TPSA) is 58.6 Å². The van der Waals surface area contributed by atoms with Gasteiger partial charge in [-0.3, -0.25) is 9.59 Å². The van der Waals surface area contributed by atoms with Crippen molar-refractivity contribution in [3.05, 3.63) is 24.3 Å². The number of benzene rings is 1. The minimum Gasteiger partial charge on any atom is -0.482 e. The number of carbonyl (C=O) groups excluding carboxylic acids is 2. The number of nitrogens with one attached hydrogen (secondary N) is 1.